The zero-order chi connectivity index (χ0) is 11.9. The lowest BCUT2D eigenvalue weighted by Gasteiger charge is -2.00. The largest absolute Gasteiger partial charge is 0.384 e. The Bertz CT molecular complexity index is 592. The fourth-order valence-electron chi connectivity index (χ4n) is 2.47. The third-order valence-corrected chi connectivity index (χ3v) is 3.70. The minimum Gasteiger partial charge on any atom is -0.384 e. The van der Waals surface area contributed by atoms with Crippen LogP contribution in [-0.4, -0.2) is 16.7 Å². The number of hydrogen-bond acceptors (Lipinski definition) is 4. The molecule has 0 radical (unpaired) electrons. The number of halogens is 1. The molecule has 1 saturated carbocycles. The van der Waals surface area contributed by atoms with E-state index in [0.29, 0.717) is 5.89 Å². The van der Waals surface area contributed by atoms with E-state index in [2.05, 4.69) is 27.6 Å². The second kappa shape index (κ2) is 4.85. The van der Waals surface area contributed by atoms with Gasteiger partial charge in [-0.1, -0.05) is 5.16 Å². The Kier molecular flexibility index (Phi) is 3.19. The predicted octanol–water partition coefficient (Wildman–Crippen LogP) is 3.08. The summed E-state index contributed by atoms with van der Waals surface area (Å²) in [4.78, 5) is 4.49. The smallest absolute Gasteiger partial charge is 0.257 e. The molecule has 0 saturated heterocycles. The molecule has 1 aromatic carbocycles. The van der Waals surface area contributed by atoms with Crippen molar-refractivity contribution in [1.29, 1.82) is 0 Å². The average Bonchev–Trinajstić information content (AvgIpc) is 2.91. The Labute approximate surface area is 118 Å². The Morgan fingerprint density at radius 2 is 2.21 bits per heavy atom. The molecule has 5 heteroatoms. The van der Waals surface area contributed by atoms with E-state index < -0.39 is 0 Å². The van der Waals surface area contributed by atoms with Crippen molar-refractivity contribution >= 4 is 18.1 Å². The van der Waals surface area contributed by atoms with E-state index >= 15 is 0 Å². The van der Waals surface area contributed by atoms with Crippen LogP contribution in [0.25, 0.3) is 11.5 Å². The molecule has 0 bridgehead atoms. The van der Waals surface area contributed by atoms with E-state index in [4.69, 9.17) is 4.52 Å². The van der Waals surface area contributed by atoms with Gasteiger partial charge < -0.3 is 9.84 Å². The maximum absolute atomic E-state index is 5.36. The summed E-state index contributed by atoms with van der Waals surface area (Å²) in [6.07, 6.45) is 4.67. The number of hydrogen-bond donors (Lipinski definition) is 1. The molecule has 0 amide bonds. The highest BCUT2D eigenvalue weighted by Crippen LogP contribution is 2.32. The van der Waals surface area contributed by atoms with Crippen LogP contribution < -0.4 is 5.32 Å². The van der Waals surface area contributed by atoms with E-state index in [1.54, 1.807) is 0 Å². The van der Waals surface area contributed by atoms with E-state index in [1.165, 1.54) is 24.1 Å². The van der Waals surface area contributed by atoms with Crippen LogP contribution in [0.3, 0.4) is 0 Å². The van der Waals surface area contributed by atoms with E-state index in [0.717, 1.165) is 36.7 Å². The van der Waals surface area contributed by atoms with Crippen LogP contribution in [0.2, 0.25) is 0 Å². The van der Waals surface area contributed by atoms with Gasteiger partial charge in [0.25, 0.3) is 5.89 Å². The third kappa shape index (κ3) is 2.45. The van der Waals surface area contributed by atoms with Gasteiger partial charge in [-0.05, 0) is 48.9 Å². The molecule has 0 unspecified atom stereocenters. The second-order valence-electron chi connectivity index (χ2n) is 5.21. The molecule has 4 nitrogen and oxygen atoms in total. The first kappa shape index (κ1) is 12.5. The first-order valence-corrected chi connectivity index (χ1v) is 6.58. The molecule has 2 aromatic rings. The molecule has 19 heavy (non-hydrogen) atoms. The number of aromatic nitrogens is 2. The predicted molar refractivity (Wildman–Crippen MR) is 75.6 cm³/mol. The number of nitrogens with zero attached hydrogens (tertiary/aromatic N) is 2. The molecule has 1 N–H and O–H groups in total. The van der Waals surface area contributed by atoms with Crippen molar-refractivity contribution in [3.05, 3.63) is 29.6 Å². The topological polar surface area (TPSA) is 51.0 Å². The normalized spacial score (nSPS) is 16.6. The highest BCUT2D eigenvalue weighted by Gasteiger charge is 2.24. The van der Waals surface area contributed by atoms with Gasteiger partial charge in [0.2, 0.25) is 0 Å². The number of benzene rings is 1. The molecule has 4 rings (SSSR count). The van der Waals surface area contributed by atoms with E-state index in [1.807, 2.05) is 6.07 Å². The summed E-state index contributed by atoms with van der Waals surface area (Å²) in [5.41, 5.74) is 3.61. The zero-order valence-electron chi connectivity index (χ0n) is 10.6. The summed E-state index contributed by atoms with van der Waals surface area (Å²) in [6.45, 7) is 1.02. The fourth-order valence-corrected chi connectivity index (χ4v) is 2.47. The average molecular weight is 278 g/mol. The number of anilines is 1. The van der Waals surface area contributed by atoms with Crippen LogP contribution in [-0.2, 0) is 12.8 Å². The first-order chi connectivity index (χ1) is 8.88. The van der Waals surface area contributed by atoms with Gasteiger partial charge >= 0.3 is 0 Å². The monoisotopic (exact) mass is 277 g/mol. The summed E-state index contributed by atoms with van der Waals surface area (Å²) in [7, 11) is 0. The zero-order valence-corrected chi connectivity index (χ0v) is 11.4. The molecule has 2 heterocycles. The fraction of sp³-hybridized carbons (Fsp3) is 0.429. The Morgan fingerprint density at radius 3 is 3.05 bits per heavy atom. The number of nitrogens with one attached hydrogen (secondary N) is 1. The molecular formula is C14H16ClN3O. The van der Waals surface area contributed by atoms with Gasteiger partial charge in [-0.2, -0.15) is 4.98 Å². The van der Waals surface area contributed by atoms with Crippen molar-refractivity contribution in [2.45, 2.75) is 25.7 Å². The van der Waals surface area contributed by atoms with Crippen LogP contribution in [0.4, 0.5) is 5.69 Å². The summed E-state index contributed by atoms with van der Waals surface area (Å²) < 4.78 is 5.36. The van der Waals surface area contributed by atoms with E-state index in [9.17, 15) is 0 Å². The minimum atomic E-state index is 0. The molecule has 0 spiro atoms. The standard InChI is InChI=1S/C14H15N3O.ClH/c1-2-9(1)7-13-16-14(18-17-13)11-3-4-12-10(8-11)5-6-15-12;/h3-4,8-9,15H,1-2,5-7H2;1H. The molecule has 2 aliphatic rings. The quantitative estimate of drug-likeness (QED) is 0.937. The lowest BCUT2D eigenvalue weighted by molar-refractivity contribution is 0.421. The van der Waals surface area contributed by atoms with Crippen molar-refractivity contribution in [3.63, 3.8) is 0 Å². The highest BCUT2D eigenvalue weighted by atomic mass is 35.5. The van der Waals surface area contributed by atoms with Gasteiger partial charge in [0.05, 0.1) is 0 Å². The molecule has 1 aliphatic carbocycles. The van der Waals surface area contributed by atoms with Crippen LogP contribution in [0.5, 0.6) is 0 Å². The summed E-state index contributed by atoms with van der Waals surface area (Å²) in [5.74, 6) is 2.30. The van der Waals surface area contributed by atoms with Crippen LogP contribution in [0.1, 0.15) is 24.2 Å². The lowest BCUT2D eigenvalue weighted by Crippen LogP contribution is -1.90. The van der Waals surface area contributed by atoms with Gasteiger partial charge in [0.1, 0.15) is 0 Å². The summed E-state index contributed by atoms with van der Waals surface area (Å²) in [6, 6.07) is 6.30. The van der Waals surface area contributed by atoms with Crippen molar-refractivity contribution in [2.75, 3.05) is 11.9 Å². The maximum Gasteiger partial charge on any atom is 0.257 e. The number of rotatable bonds is 3. The van der Waals surface area contributed by atoms with Gasteiger partial charge in [0, 0.05) is 24.2 Å². The maximum atomic E-state index is 5.36. The highest BCUT2D eigenvalue weighted by molar-refractivity contribution is 5.85. The van der Waals surface area contributed by atoms with Crippen LogP contribution in [0.15, 0.2) is 22.7 Å². The SMILES string of the molecule is Cl.c1cc2c(cc1-c1nc(CC3CC3)no1)CCN2. The molecule has 1 aliphatic heterocycles. The van der Waals surface area contributed by atoms with Crippen molar-refractivity contribution < 1.29 is 4.52 Å². The van der Waals surface area contributed by atoms with E-state index in [-0.39, 0.29) is 12.4 Å². The molecule has 0 atom stereocenters. The summed E-state index contributed by atoms with van der Waals surface area (Å²) in [5, 5.41) is 7.42. The molecular weight excluding hydrogens is 262 g/mol. The van der Waals surface area contributed by atoms with Crippen LogP contribution in [0, 0.1) is 5.92 Å². The Balaban J connectivity index is 0.00000110. The first-order valence-electron chi connectivity index (χ1n) is 6.58. The third-order valence-electron chi connectivity index (χ3n) is 3.70. The summed E-state index contributed by atoms with van der Waals surface area (Å²) >= 11 is 0. The minimum absolute atomic E-state index is 0. The number of fused-ring (bicyclic) bond motifs is 1. The van der Waals surface area contributed by atoms with Crippen molar-refractivity contribution in [1.82, 2.24) is 10.1 Å². The molecule has 100 valence electrons. The molecule has 1 fully saturated rings. The van der Waals surface area contributed by atoms with Gasteiger partial charge in [0.15, 0.2) is 5.82 Å². The second-order valence-corrected chi connectivity index (χ2v) is 5.21. The van der Waals surface area contributed by atoms with Crippen molar-refractivity contribution in [3.8, 4) is 11.5 Å². The Hall–Kier alpha value is -1.55. The molecule has 1 aromatic heterocycles. The lowest BCUT2D eigenvalue weighted by atomic mass is 10.1. The van der Waals surface area contributed by atoms with Gasteiger partial charge in [-0.3, -0.25) is 0 Å². The van der Waals surface area contributed by atoms with Gasteiger partial charge in [-0.25, -0.2) is 0 Å². The van der Waals surface area contributed by atoms with Gasteiger partial charge in [-0.15, -0.1) is 12.4 Å². The Morgan fingerprint density at radius 1 is 1.32 bits per heavy atom. The van der Waals surface area contributed by atoms with Crippen molar-refractivity contribution in [2.24, 2.45) is 5.92 Å². The van der Waals surface area contributed by atoms with Crippen LogP contribution >= 0.6 is 12.4 Å².